The average molecular weight is 221 g/mol. The van der Waals surface area contributed by atoms with Gasteiger partial charge in [-0.2, -0.15) is 0 Å². The molecule has 0 saturated heterocycles. The molecule has 0 fully saturated rings. The first-order valence-electron chi connectivity index (χ1n) is 5.04. The Hall–Kier alpha value is -1.91. The molecule has 0 atom stereocenters. The lowest BCUT2D eigenvalue weighted by atomic mass is 10.3. The highest BCUT2D eigenvalue weighted by atomic mass is 16.2. The Labute approximate surface area is 94.3 Å². The van der Waals surface area contributed by atoms with Crippen molar-refractivity contribution < 1.29 is 9.59 Å². The number of hydrogen-bond donors (Lipinski definition) is 2. The second kappa shape index (κ2) is 5.85. The predicted octanol–water partition coefficient (Wildman–Crippen LogP) is 0.855. The Balaban J connectivity index is 2.37. The molecule has 2 amide bonds. The van der Waals surface area contributed by atoms with Crippen LogP contribution in [-0.4, -0.2) is 23.3 Å². The van der Waals surface area contributed by atoms with Crippen molar-refractivity contribution in [3.63, 3.8) is 0 Å². The van der Waals surface area contributed by atoms with Gasteiger partial charge in [0.25, 0.3) is 0 Å². The zero-order valence-electron chi connectivity index (χ0n) is 9.41. The molecule has 2 N–H and O–H groups in total. The summed E-state index contributed by atoms with van der Waals surface area (Å²) in [6, 6.07) is 1.84. The van der Waals surface area contributed by atoms with E-state index in [1.165, 1.54) is 6.92 Å². The first kappa shape index (κ1) is 12.2. The van der Waals surface area contributed by atoms with Gasteiger partial charge in [0.1, 0.15) is 0 Å². The Morgan fingerprint density at radius 1 is 1.38 bits per heavy atom. The molecule has 1 rings (SSSR count). The van der Waals surface area contributed by atoms with Gasteiger partial charge in [-0.25, -0.2) is 0 Å². The van der Waals surface area contributed by atoms with E-state index in [4.69, 9.17) is 0 Å². The number of pyridine rings is 1. The molecule has 0 saturated carbocycles. The van der Waals surface area contributed by atoms with Crippen LogP contribution in [0.5, 0.6) is 0 Å². The molecule has 5 heteroatoms. The van der Waals surface area contributed by atoms with Crippen LogP contribution in [0.4, 0.5) is 5.69 Å². The Morgan fingerprint density at radius 2 is 2.12 bits per heavy atom. The van der Waals surface area contributed by atoms with E-state index in [0.29, 0.717) is 12.2 Å². The molecular weight excluding hydrogens is 206 g/mol. The molecule has 0 spiro atoms. The molecule has 86 valence electrons. The van der Waals surface area contributed by atoms with Gasteiger partial charge in [0.05, 0.1) is 11.9 Å². The van der Waals surface area contributed by atoms with Gasteiger partial charge in [-0.1, -0.05) is 0 Å². The lowest BCUT2D eigenvalue weighted by molar-refractivity contribution is -0.119. The number of anilines is 1. The van der Waals surface area contributed by atoms with Gasteiger partial charge in [0.2, 0.25) is 11.8 Å². The van der Waals surface area contributed by atoms with Gasteiger partial charge in [0.15, 0.2) is 0 Å². The fourth-order valence-corrected chi connectivity index (χ4v) is 1.20. The van der Waals surface area contributed by atoms with Gasteiger partial charge in [0, 0.05) is 26.1 Å². The van der Waals surface area contributed by atoms with Crippen molar-refractivity contribution in [3.05, 3.63) is 24.0 Å². The summed E-state index contributed by atoms with van der Waals surface area (Å²) in [5, 5.41) is 5.26. The molecule has 0 bridgehead atoms. The van der Waals surface area contributed by atoms with Crippen LogP contribution < -0.4 is 10.6 Å². The van der Waals surface area contributed by atoms with Gasteiger partial charge < -0.3 is 10.6 Å². The minimum Gasteiger partial charge on any atom is -0.356 e. The molecule has 5 nitrogen and oxygen atoms in total. The predicted molar refractivity (Wildman–Crippen MR) is 60.9 cm³/mol. The number of aryl methyl sites for hydroxylation is 1. The van der Waals surface area contributed by atoms with Crippen LogP contribution in [0.2, 0.25) is 0 Å². The highest BCUT2D eigenvalue weighted by molar-refractivity contribution is 5.90. The third-order valence-electron chi connectivity index (χ3n) is 1.88. The quantitative estimate of drug-likeness (QED) is 0.792. The molecule has 0 aromatic carbocycles. The number of rotatable bonds is 4. The van der Waals surface area contributed by atoms with E-state index in [2.05, 4.69) is 15.6 Å². The maximum absolute atomic E-state index is 11.4. The van der Waals surface area contributed by atoms with Gasteiger partial charge >= 0.3 is 0 Å². The summed E-state index contributed by atoms with van der Waals surface area (Å²) in [7, 11) is 0. The molecule has 1 aromatic rings. The van der Waals surface area contributed by atoms with Crippen molar-refractivity contribution in [1.29, 1.82) is 0 Å². The second-order valence-corrected chi connectivity index (χ2v) is 3.53. The Morgan fingerprint density at radius 3 is 2.75 bits per heavy atom. The minimum absolute atomic E-state index is 0.134. The molecule has 0 unspecified atom stereocenters. The zero-order valence-corrected chi connectivity index (χ0v) is 9.41. The fourth-order valence-electron chi connectivity index (χ4n) is 1.20. The highest BCUT2D eigenvalue weighted by Gasteiger charge is 2.02. The second-order valence-electron chi connectivity index (χ2n) is 3.53. The summed E-state index contributed by atoms with van der Waals surface area (Å²) in [6.45, 7) is 3.67. The number of hydrogen-bond acceptors (Lipinski definition) is 3. The smallest absolute Gasteiger partial charge is 0.226 e. The number of nitrogens with zero attached hydrogens (tertiary/aromatic N) is 1. The molecule has 0 aliphatic rings. The normalized spacial score (nSPS) is 9.62. The lowest BCUT2D eigenvalue weighted by Crippen LogP contribution is -2.25. The van der Waals surface area contributed by atoms with Crippen LogP contribution in [0.3, 0.4) is 0 Å². The van der Waals surface area contributed by atoms with Crippen molar-refractivity contribution in [2.24, 2.45) is 0 Å². The van der Waals surface area contributed by atoms with Gasteiger partial charge in [-0.3, -0.25) is 14.6 Å². The van der Waals surface area contributed by atoms with Crippen molar-refractivity contribution in [2.75, 3.05) is 11.9 Å². The van der Waals surface area contributed by atoms with Crippen molar-refractivity contribution in [1.82, 2.24) is 10.3 Å². The van der Waals surface area contributed by atoms with Crippen LogP contribution in [0.1, 0.15) is 18.9 Å². The Bertz CT molecular complexity index is 391. The van der Waals surface area contributed by atoms with E-state index in [0.717, 1.165) is 5.56 Å². The third-order valence-corrected chi connectivity index (χ3v) is 1.88. The molecule has 0 radical (unpaired) electrons. The lowest BCUT2D eigenvalue weighted by Gasteiger charge is -2.05. The SMILES string of the molecule is CC(=O)NCCC(=O)Nc1cncc(C)c1. The van der Waals surface area contributed by atoms with Crippen LogP contribution in [0, 0.1) is 6.92 Å². The summed E-state index contributed by atoms with van der Waals surface area (Å²) < 4.78 is 0. The van der Waals surface area contributed by atoms with E-state index < -0.39 is 0 Å². The highest BCUT2D eigenvalue weighted by Crippen LogP contribution is 2.07. The number of aromatic nitrogens is 1. The molecular formula is C11H15N3O2. The number of amides is 2. The van der Waals surface area contributed by atoms with E-state index >= 15 is 0 Å². The van der Waals surface area contributed by atoms with E-state index in [1.54, 1.807) is 12.4 Å². The first-order valence-corrected chi connectivity index (χ1v) is 5.04. The van der Waals surface area contributed by atoms with E-state index in [1.807, 2.05) is 13.0 Å². The third kappa shape index (κ3) is 4.54. The van der Waals surface area contributed by atoms with Gasteiger partial charge in [-0.15, -0.1) is 0 Å². The first-order chi connectivity index (χ1) is 7.58. The number of nitrogens with one attached hydrogen (secondary N) is 2. The molecule has 1 heterocycles. The molecule has 1 aromatic heterocycles. The minimum atomic E-state index is -0.138. The van der Waals surface area contributed by atoms with E-state index in [9.17, 15) is 9.59 Å². The summed E-state index contributed by atoms with van der Waals surface area (Å²) in [5.41, 5.74) is 1.66. The van der Waals surface area contributed by atoms with Crippen molar-refractivity contribution >= 4 is 17.5 Å². The number of carbonyl (C=O) groups excluding carboxylic acids is 2. The van der Waals surface area contributed by atoms with Crippen molar-refractivity contribution in [2.45, 2.75) is 20.3 Å². The summed E-state index contributed by atoms with van der Waals surface area (Å²) in [5.74, 6) is -0.272. The van der Waals surface area contributed by atoms with E-state index in [-0.39, 0.29) is 18.2 Å². The monoisotopic (exact) mass is 221 g/mol. The number of carbonyl (C=O) groups is 2. The summed E-state index contributed by atoms with van der Waals surface area (Å²) >= 11 is 0. The topological polar surface area (TPSA) is 71.1 Å². The van der Waals surface area contributed by atoms with Crippen molar-refractivity contribution in [3.8, 4) is 0 Å². The Kier molecular flexibility index (Phi) is 4.44. The largest absolute Gasteiger partial charge is 0.356 e. The molecule has 16 heavy (non-hydrogen) atoms. The van der Waals surface area contributed by atoms with Crippen LogP contribution in [0.25, 0.3) is 0 Å². The maximum Gasteiger partial charge on any atom is 0.226 e. The molecule has 0 aliphatic heterocycles. The zero-order chi connectivity index (χ0) is 12.0. The summed E-state index contributed by atoms with van der Waals surface area (Å²) in [6.07, 6.45) is 3.56. The standard InChI is InChI=1S/C11H15N3O2/c1-8-5-10(7-12-6-8)14-11(16)3-4-13-9(2)15/h5-7H,3-4H2,1-2H3,(H,13,15)(H,14,16). The molecule has 0 aliphatic carbocycles. The maximum atomic E-state index is 11.4. The fraction of sp³-hybridized carbons (Fsp3) is 0.364. The van der Waals surface area contributed by atoms with Crippen LogP contribution >= 0.6 is 0 Å². The summed E-state index contributed by atoms with van der Waals surface area (Å²) in [4.78, 5) is 26.0. The van der Waals surface area contributed by atoms with Crippen LogP contribution in [0.15, 0.2) is 18.5 Å². The van der Waals surface area contributed by atoms with Gasteiger partial charge in [-0.05, 0) is 18.6 Å². The average Bonchev–Trinajstić information content (AvgIpc) is 2.16. The van der Waals surface area contributed by atoms with Crippen LogP contribution in [-0.2, 0) is 9.59 Å².